The molecule has 0 nitrogen and oxygen atoms in total. The van der Waals surface area contributed by atoms with Gasteiger partial charge in [0.25, 0.3) is 0 Å². The predicted octanol–water partition coefficient (Wildman–Crippen LogP) is 6.01. The number of fused-ring (bicyclic) bond motifs is 3. The fourth-order valence-electron chi connectivity index (χ4n) is 6.63. The Morgan fingerprint density at radius 1 is 0.700 bits per heavy atom. The highest BCUT2D eigenvalue weighted by Gasteiger charge is 2.48. The molecule has 0 N–H and O–H groups in total. The van der Waals surface area contributed by atoms with E-state index < -0.39 is 0 Å². The molecule has 0 saturated heterocycles. The monoisotopic (exact) mass is 276 g/mol. The molecule has 0 aromatic heterocycles. The molecule has 0 spiro atoms. The van der Waals surface area contributed by atoms with Gasteiger partial charge in [-0.2, -0.15) is 0 Å². The van der Waals surface area contributed by atoms with Crippen LogP contribution in [-0.4, -0.2) is 0 Å². The lowest BCUT2D eigenvalue weighted by atomic mass is 9.60. The Labute approximate surface area is 127 Å². The van der Waals surface area contributed by atoms with E-state index in [1.807, 2.05) is 0 Å². The molecular weight excluding hydrogens is 240 g/mol. The molecule has 3 aliphatic carbocycles. The Kier molecular flexibility index (Phi) is 4.22. The highest BCUT2D eigenvalue weighted by Crippen LogP contribution is 2.56. The van der Waals surface area contributed by atoms with Crippen LogP contribution in [0.2, 0.25) is 0 Å². The van der Waals surface area contributed by atoms with Crippen molar-refractivity contribution in [2.75, 3.05) is 0 Å². The van der Waals surface area contributed by atoms with Crippen molar-refractivity contribution in [1.29, 1.82) is 0 Å². The van der Waals surface area contributed by atoms with Crippen LogP contribution in [-0.2, 0) is 0 Å². The summed E-state index contributed by atoms with van der Waals surface area (Å²) in [5.41, 5.74) is 0. The van der Waals surface area contributed by atoms with Crippen LogP contribution >= 0.6 is 0 Å². The summed E-state index contributed by atoms with van der Waals surface area (Å²) in [4.78, 5) is 0. The summed E-state index contributed by atoms with van der Waals surface area (Å²) in [6.45, 7) is 12.6. The normalized spacial score (nSPS) is 52.5. The first-order valence-electron chi connectivity index (χ1n) is 9.45. The molecule has 0 aromatic carbocycles. The van der Waals surface area contributed by atoms with Crippen LogP contribution in [0.4, 0.5) is 0 Å². The number of hydrogen-bond acceptors (Lipinski definition) is 0. The SMILES string of the molecule is CC1CC2CC(C)CC2C2C(C)CC(C(C)C)CC2C1. The third kappa shape index (κ3) is 2.69. The number of rotatable bonds is 1. The molecule has 8 atom stereocenters. The second kappa shape index (κ2) is 5.65. The van der Waals surface area contributed by atoms with E-state index in [1.165, 1.54) is 6.42 Å². The van der Waals surface area contributed by atoms with Gasteiger partial charge < -0.3 is 0 Å². The van der Waals surface area contributed by atoms with Gasteiger partial charge in [-0.3, -0.25) is 0 Å². The van der Waals surface area contributed by atoms with E-state index >= 15 is 0 Å². The Balaban J connectivity index is 1.83. The largest absolute Gasteiger partial charge is 0.0625 e. The van der Waals surface area contributed by atoms with Gasteiger partial charge in [-0.05, 0) is 91.8 Å². The summed E-state index contributed by atoms with van der Waals surface area (Å²) in [6, 6.07) is 0. The molecule has 8 unspecified atom stereocenters. The second-order valence-electron chi connectivity index (χ2n) is 9.37. The molecule has 0 heterocycles. The van der Waals surface area contributed by atoms with Gasteiger partial charge in [-0.1, -0.05) is 34.6 Å². The predicted molar refractivity (Wildman–Crippen MR) is 87.5 cm³/mol. The molecular formula is C20H36. The minimum absolute atomic E-state index is 0.898. The van der Waals surface area contributed by atoms with Crippen molar-refractivity contribution in [2.24, 2.45) is 53.3 Å². The molecule has 0 bridgehead atoms. The summed E-state index contributed by atoms with van der Waals surface area (Å²) in [6.07, 6.45) is 9.24. The number of hydrogen-bond donors (Lipinski definition) is 0. The zero-order valence-electron chi connectivity index (χ0n) is 14.4. The van der Waals surface area contributed by atoms with Crippen molar-refractivity contribution in [3.05, 3.63) is 0 Å². The van der Waals surface area contributed by atoms with Gasteiger partial charge in [0, 0.05) is 0 Å². The quantitative estimate of drug-likeness (QED) is 0.550. The third-order valence-electron chi connectivity index (χ3n) is 7.31. The summed E-state index contributed by atoms with van der Waals surface area (Å²) >= 11 is 0. The topological polar surface area (TPSA) is 0 Å². The Morgan fingerprint density at radius 3 is 1.95 bits per heavy atom. The van der Waals surface area contributed by atoms with Gasteiger partial charge in [-0.25, -0.2) is 0 Å². The average molecular weight is 277 g/mol. The van der Waals surface area contributed by atoms with Crippen LogP contribution < -0.4 is 0 Å². The maximum absolute atomic E-state index is 2.60. The zero-order chi connectivity index (χ0) is 14.4. The van der Waals surface area contributed by atoms with Gasteiger partial charge in [0.2, 0.25) is 0 Å². The van der Waals surface area contributed by atoms with Gasteiger partial charge in [0.15, 0.2) is 0 Å². The smallest absolute Gasteiger partial charge is 0.0329 e. The van der Waals surface area contributed by atoms with Crippen molar-refractivity contribution in [1.82, 2.24) is 0 Å². The van der Waals surface area contributed by atoms with Gasteiger partial charge in [-0.15, -0.1) is 0 Å². The standard InChI is InChI=1S/C20H36/c1-12(2)16-10-15(5)20-18(11-16)8-13(3)6-17-7-14(4)9-19(17)20/h12-20H,6-11H2,1-5H3. The summed E-state index contributed by atoms with van der Waals surface area (Å²) in [5, 5.41) is 0. The zero-order valence-corrected chi connectivity index (χ0v) is 14.4. The minimum Gasteiger partial charge on any atom is -0.0625 e. The first-order valence-corrected chi connectivity index (χ1v) is 9.45. The van der Waals surface area contributed by atoms with Gasteiger partial charge in [0.05, 0.1) is 0 Å². The maximum atomic E-state index is 2.60. The van der Waals surface area contributed by atoms with E-state index in [0.29, 0.717) is 0 Å². The van der Waals surface area contributed by atoms with E-state index in [-0.39, 0.29) is 0 Å². The molecule has 116 valence electrons. The Morgan fingerprint density at radius 2 is 1.30 bits per heavy atom. The van der Waals surface area contributed by atoms with E-state index in [2.05, 4.69) is 34.6 Å². The highest BCUT2D eigenvalue weighted by molar-refractivity contribution is 4.97. The van der Waals surface area contributed by atoms with Crippen LogP contribution in [0.3, 0.4) is 0 Å². The van der Waals surface area contributed by atoms with Crippen molar-refractivity contribution in [3.63, 3.8) is 0 Å². The van der Waals surface area contributed by atoms with Crippen LogP contribution in [0, 0.1) is 53.3 Å². The Bertz CT molecular complexity index is 331. The lowest BCUT2D eigenvalue weighted by molar-refractivity contribution is 0.0409. The van der Waals surface area contributed by atoms with E-state index in [1.54, 1.807) is 32.1 Å². The van der Waals surface area contributed by atoms with Crippen LogP contribution in [0.1, 0.15) is 73.1 Å². The van der Waals surface area contributed by atoms with Crippen LogP contribution in [0.5, 0.6) is 0 Å². The molecule has 0 amide bonds. The first kappa shape index (κ1) is 14.9. The van der Waals surface area contributed by atoms with Crippen molar-refractivity contribution < 1.29 is 0 Å². The molecule has 0 radical (unpaired) electrons. The van der Waals surface area contributed by atoms with E-state index in [4.69, 9.17) is 0 Å². The Hall–Kier alpha value is 0. The fourth-order valence-corrected chi connectivity index (χ4v) is 6.63. The van der Waals surface area contributed by atoms with Crippen molar-refractivity contribution in [3.8, 4) is 0 Å². The highest BCUT2D eigenvalue weighted by atomic mass is 14.5. The van der Waals surface area contributed by atoms with Crippen molar-refractivity contribution >= 4 is 0 Å². The maximum Gasteiger partial charge on any atom is -0.0329 e. The van der Waals surface area contributed by atoms with Crippen molar-refractivity contribution in [2.45, 2.75) is 73.1 Å². The van der Waals surface area contributed by atoms with E-state index in [0.717, 1.165) is 53.3 Å². The summed E-state index contributed by atoms with van der Waals surface area (Å²) in [5.74, 6) is 9.18. The summed E-state index contributed by atoms with van der Waals surface area (Å²) in [7, 11) is 0. The average Bonchev–Trinajstić information content (AvgIpc) is 2.62. The fraction of sp³-hybridized carbons (Fsp3) is 1.00. The molecule has 3 saturated carbocycles. The summed E-state index contributed by atoms with van der Waals surface area (Å²) < 4.78 is 0. The second-order valence-corrected chi connectivity index (χ2v) is 9.37. The third-order valence-corrected chi connectivity index (χ3v) is 7.31. The minimum atomic E-state index is 0.898. The molecule has 3 fully saturated rings. The van der Waals surface area contributed by atoms with Crippen LogP contribution in [0.15, 0.2) is 0 Å². The lowest BCUT2D eigenvalue weighted by Crippen LogP contribution is -2.37. The molecule has 0 heteroatoms. The van der Waals surface area contributed by atoms with Gasteiger partial charge >= 0.3 is 0 Å². The first-order chi connectivity index (χ1) is 9.45. The van der Waals surface area contributed by atoms with E-state index in [9.17, 15) is 0 Å². The van der Waals surface area contributed by atoms with Gasteiger partial charge in [0.1, 0.15) is 0 Å². The molecule has 20 heavy (non-hydrogen) atoms. The molecule has 0 aliphatic heterocycles. The lowest BCUT2D eigenvalue weighted by Gasteiger charge is -2.45. The van der Waals surface area contributed by atoms with Crippen LogP contribution in [0.25, 0.3) is 0 Å². The molecule has 3 aliphatic rings. The molecule has 0 aromatic rings. The molecule has 3 rings (SSSR count).